The first-order valence-electron chi connectivity index (χ1n) is 9.93. The number of allylic oxidation sites excluding steroid dienone is 2. The van der Waals surface area contributed by atoms with Crippen molar-refractivity contribution in [3.63, 3.8) is 0 Å². The molecule has 2 rings (SSSR count). The van der Waals surface area contributed by atoms with Crippen LogP contribution >= 0.6 is 0 Å². The molecule has 0 amide bonds. The second-order valence-corrected chi connectivity index (χ2v) is 13.1. The number of aryl methyl sites for hydroxylation is 1. The molecule has 0 aliphatic rings. The van der Waals surface area contributed by atoms with Crippen molar-refractivity contribution < 1.29 is 9.52 Å². The summed E-state index contributed by atoms with van der Waals surface area (Å²) in [5, 5.41) is 11.4. The number of aliphatic hydroxyl groups is 1. The zero-order valence-corrected chi connectivity index (χ0v) is 17.6. The maximum Gasteiger partial charge on any atom is 0.123 e. The van der Waals surface area contributed by atoms with Crippen molar-refractivity contribution in [2.75, 3.05) is 0 Å². The van der Waals surface area contributed by atoms with Gasteiger partial charge in [0.25, 0.3) is 0 Å². The van der Waals surface area contributed by atoms with Gasteiger partial charge < -0.3 is 9.52 Å². The molecule has 0 saturated carbocycles. The van der Waals surface area contributed by atoms with E-state index < -0.39 is 8.07 Å². The molecular formula is C23H34O2Si. The van der Waals surface area contributed by atoms with Crippen LogP contribution in [-0.2, 0) is 6.42 Å². The van der Waals surface area contributed by atoms with E-state index in [9.17, 15) is 5.11 Å². The summed E-state index contributed by atoms with van der Waals surface area (Å²) in [6, 6.07) is 12.7. The summed E-state index contributed by atoms with van der Waals surface area (Å²) < 4.78 is 5.66. The Labute approximate surface area is 160 Å². The minimum atomic E-state index is -1.43. The molecule has 1 heterocycles. The summed E-state index contributed by atoms with van der Waals surface area (Å²) in [6.07, 6.45) is 13.6. The summed E-state index contributed by atoms with van der Waals surface area (Å²) in [6.45, 7) is 6.78. The summed E-state index contributed by atoms with van der Waals surface area (Å²) in [7, 11) is -1.43. The van der Waals surface area contributed by atoms with Crippen LogP contribution in [0.15, 0.2) is 59.2 Å². The molecule has 0 aliphatic carbocycles. The van der Waals surface area contributed by atoms with E-state index in [1.165, 1.54) is 18.4 Å². The first-order chi connectivity index (χ1) is 12.5. The van der Waals surface area contributed by atoms with E-state index in [1.54, 1.807) is 6.26 Å². The molecular weight excluding hydrogens is 336 g/mol. The fourth-order valence-electron chi connectivity index (χ4n) is 2.99. The van der Waals surface area contributed by atoms with Crippen molar-refractivity contribution in [1.29, 1.82) is 0 Å². The number of aliphatic hydroxyl groups excluding tert-OH is 1. The topological polar surface area (TPSA) is 33.4 Å². The highest BCUT2D eigenvalue weighted by Gasteiger charge is 2.22. The summed E-state index contributed by atoms with van der Waals surface area (Å²) in [5.74, 6) is 0. The highest BCUT2D eigenvalue weighted by atomic mass is 28.3. The van der Waals surface area contributed by atoms with Gasteiger partial charge in [-0.05, 0) is 43.7 Å². The molecule has 0 radical (unpaired) electrons. The van der Waals surface area contributed by atoms with Gasteiger partial charge in [0, 0.05) is 5.56 Å². The van der Waals surface area contributed by atoms with Crippen molar-refractivity contribution >= 4 is 13.5 Å². The lowest BCUT2D eigenvalue weighted by molar-refractivity contribution is 0.162. The Bertz CT molecular complexity index is 652. The van der Waals surface area contributed by atoms with Gasteiger partial charge in [-0.1, -0.05) is 75.0 Å². The normalized spacial score (nSPS) is 13.4. The van der Waals surface area contributed by atoms with Crippen molar-refractivity contribution in [3.05, 3.63) is 65.9 Å². The summed E-state index contributed by atoms with van der Waals surface area (Å²) in [5.41, 5.74) is 2.35. The third-order valence-electron chi connectivity index (χ3n) is 4.70. The molecule has 1 atom stereocenters. The molecule has 3 heteroatoms. The second kappa shape index (κ2) is 10.5. The molecule has 26 heavy (non-hydrogen) atoms. The molecule has 1 N–H and O–H groups in total. The highest BCUT2D eigenvalue weighted by Crippen LogP contribution is 2.21. The minimum Gasteiger partial charge on any atom is -0.474 e. The summed E-state index contributed by atoms with van der Waals surface area (Å²) >= 11 is 0. The van der Waals surface area contributed by atoms with E-state index in [2.05, 4.69) is 68.2 Å². The van der Waals surface area contributed by atoms with Gasteiger partial charge in [0.1, 0.15) is 8.07 Å². The predicted octanol–water partition coefficient (Wildman–Crippen LogP) is 6.00. The van der Waals surface area contributed by atoms with Gasteiger partial charge in [-0.25, -0.2) is 0 Å². The van der Waals surface area contributed by atoms with Gasteiger partial charge >= 0.3 is 0 Å². The molecule has 1 aromatic carbocycles. The molecule has 0 bridgehead atoms. The Morgan fingerprint density at radius 2 is 1.73 bits per heavy atom. The number of rotatable bonds is 11. The third kappa shape index (κ3) is 7.34. The average molecular weight is 371 g/mol. The van der Waals surface area contributed by atoms with E-state index in [0.29, 0.717) is 0 Å². The van der Waals surface area contributed by atoms with Crippen LogP contribution in [0, 0.1) is 0 Å². The van der Waals surface area contributed by atoms with Crippen molar-refractivity contribution in [3.8, 4) is 0 Å². The first kappa shape index (κ1) is 20.7. The number of benzene rings is 1. The van der Waals surface area contributed by atoms with Gasteiger partial charge in [-0.2, -0.15) is 0 Å². The van der Waals surface area contributed by atoms with Gasteiger partial charge in [0.15, 0.2) is 0 Å². The van der Waals surface area contributed by atoms with Gasteiger partial charge in [0.05, 0.1) is 17.8 Å². The Morgan fingerprint density at radius 3 is 2.42 bits per heavy atom. The van der Waals surface area contributed by atoms with E-state index in [4.69, 9.17) is 4.42 Å². The molecule has 1 unspecified atom stereocenters. The molecule has 0 saturated heterocycles. The Morgan fingerprint density at radius 1 is 1.00 bits per heavy atom. The quantitative estimate of drug-likeness (QED) is 0.299. The summed E-state index contributed by atoms with van der Waals surface area (Å²) in [4.78, 5) is 0. The van der Waals surface area contributed by atoms with E-state index >= 15 is 0 Å². The van der Waals surface area contributed by atoms with Crippen LogP contribution in [0.4, 0.5) is 0 Å². The van der Waals surface area contributed by atoms with E-state index in [1.807, 2.05) is 0 Å². The van der Waals surface area contributed by atoms with Crippen LogP contribution in [0.25, 0.3) is 0 Å². The van der Waals surface area contributed by atoms with Crippen molar-refractivity contribution in [1.82, 2.24) is 0 Å². The SMILES string of the molecule is C[Si](C)(C)c1cc(C(O)CCCCC/C=C/CCc2ccccc2)co1. The van der Waals surface area contributed by atoms with Crippen molar-refractivity contribution in [2.45, 2.75) is 70.7 Å². The van der Waals surface area contributed by atoms with Gasteiger partial charge in [-0.3, -0.25) is 0 Å². The van der Waals surface area contributed by atoms with Gasteiger partial charge in [0.2, 0.25) is 0 Å². The van der Waals surface area contributed by atoms with Crippen LogP contribution in [0.1, 0.15) is 55.8 Å². The maximum atomic E-state index is 10.3. The molecule has 0 fully saturated rings. The fraction of sp³-hybridized carbons (Fsp3) is 0.478. The first-order valence-corrected chi connectivity index (χ1v) is 13.4. The Balaban J connectivity index is 1.54. The fourth-order valence-corrected chi connectivity index (χ4v) is 4.00. The highest BCUT2D eigenvalue weighted by molar-refractivity contribution is 6.87. The third-order valence-corrected chi connectivity index (χ3v) is 6.44. The second-order valence-electron chi connectivity index (χ2n) is 8.14. The zero-order chi connectivity index (χ0) is 18.8. The van der Waals surface area contributed by atoms with Crippen LogP contribution in [0.2, 0.25) is 19.6 Å². The van der Waals surface area contributed by atoms with E-state index in [0.717, 1.165) is 43.1 Å². The smallest absolute Gasteiger partial charge is 0.123 e. The largest absolute Gasteiger partial charge is 0.474 e. The lowest BCUT2D eigenvalue weighted by atomic mass is 10.0. The van der Waals surface area contributed by atoms with Crippen LogP contribution in [0.5, 0.6) is 0 Å². The molecule has 2 nitrogen and oxygen atoms in total. The number of unbranched alkanes of at least 4 members (excludes halogenated alkanes) is 3. The monoisotopic (exact) mass is 370 g/mol. The molecule has 142 valence electrons. The van der Waals surface area contributed by atoms with E-state index in [-0.39, 0.29) is 6.10 Å². The Hall–Kier alpha value is -1.58. The van der Waals surface area contributed by atoms with Crippen LogP contribution in [-0.4, -0.2) is 13.2 Å². The van der Waals surface area contributed by atoms with Crippen LogP contribution in [0.3, 0.4) is 0 Å². The molecule has 0 spiro atoms. The standard InChI is InChI=1S/C23H34O2Si/c1-26(2,3)23-18-21(19-25-23)22(24)17-13-8-6-4-5-7-10-14-20-15-11-9-12-16-20/h5,7,9,11-12,15-16,18-19,22,24H,4,6,8,10,13-14,17H2,1-3H3/b7-5+. The van der Waals surface area contributed by atoms with Gasteiger partial charge in [-0.15, -0.1) is 0 Å². The maximum absolute atomic E-state index is 10.3. The lowest BCUT2D eigenvalue weighted by Gasteiger charge is -2.11. The van der Waals surface area contributed by atoms with Crippen LogP contribution < -0.4 is 5.38 Å². The molecule has 2 aromatic rings. The number of furan rings is 1. The Kier molecular flexibility index (Phi) is 8.40. The average Bonchev–Trinajstić information content (AvgIpc) is 3.11. The lowest BCUT2D eigenvalue weighted by Crippen LogP contribution is -2.36. The van der Waals surface area contributed by atoms with Crippen molar-refractivity contribution in [2.24, 2.45) is 0 Å². The minimum absolute atomic E-state index is 0.384. The number of hydrogen-bond donors (Lipinski definition) is 1. The number of hydrogen-bond acceptors (Lipinski definition) is 2. The molecule has 1 aromatic heterocycles. The zero-order valence-electron chi connectivity index (χ0n) is 16.6. The molecule has 0 aliphatic heterocycles. The predicted molar refractivity (Wildman–Crippen MR) is 114 cm³/mol.